The van der Waals surface area contributed by atoms with Crippen molar-refractivity contribution in [2.45, 2.75) is 0 Å². The van der Waals surface area contributed by atoms with Gasteiger partial charge >= 0.3 is 0 Å². The molecule has 1 aliphatic rings. The van der Waals surface area contributed by atoms with Crippen molar-refractivity contribution in [1.29, 1.82) is 0 Å². The molecule has 4 rings (SSSR count). The van der Waals surface area contributed by atoms with Crippen LogP contribution in [0, 0.1) is 0 Å². The average molecular weight is 350 g/mol. The van der Waals surface area contributed by atoms with Crippen molar-refractivity contribution in [2.75, 3.05) is 31.2 Å². The van der Waals surface area contributed by atoms with Crippen molar-refractivity contribution < 1.29 is 9.53 Å². The lowest BCUT2D eigenvalue weighted by atomic mass is 10.1. The number of ether oxygens (including phenoxy) is 1. The van der Waals surface area contributed by atoms with Crippen LogP contribution in [-0.2, 0) is 4.74 Å². The Morgan fingerprint density at radius 1 is 1.08 bits per heavy atom. The van der Waals surface area contributed by atoms with E-state index in [1.807, 2.05) is 30.3 Å². The second kappa shape index (κ2) is 7.17. The van der Waals surface area contributed by atoms with E-state index in [2.05, 4.69) is 22.0 Å². The SMILES string of the molecule is O=C(c1cccnc1)c1cc(-c2ccccc2)c(N2CCOCC2)s1. The molecule has 2 aromatic heterocycles. The third kappa shape index (κ3) is 3.34. The highest BCUT2D eigenvalue weighted by Crippen LogP contribution is 2.40. The molecule has 1 fully saturated rings. The Balaban J connectivity index is 1.76. The van der Waals surface area contributed by atoms with E-state index in [4.69, 9.17) is 4.74 Å². The molecule has 0 aliphatic carbocycles. The Bertz CT molecular complexity index is 856. The maximum atomic E-state index is 12.9. The van der Waals surface area contributed by atoms with Gasteiger partial charge in [-0.2, -0.15) is 0 Å². The maximum Gasteiger partial charge on any atom is 0.204 e. The summed E-state index contributed by atoms with van der Waals surface area (Å²) in [5.74, 6) is 0.0230. The summed E-state index contributed by atoms with van der Waals surface area (Å²) >= 11 is 1.56. The summed E-state index contributed by atoms with van der Waals surface area (Å²) in [7, 11) is 0. The molecule has 0 saturated carbocycles. The lowest BCUT2D eigenvalue weighted by Gasteiger charge is -2.28. The largest absolute Gasteiger partial charge is 0.378 e. The molecule has 0 bridgehead atoms. The first kappa shape index (κ1) is 16.0. The predicted molar refractivity (Wildman–Crippen MR) is 100 cm³/mol. The van der Waals surface area contributed by atoms with E-state index < -0.39 is 0 Å². The molecular weight excluding hydrogens is 332 g/mol. The number of morpholine rings is 1. The van der Waals surface area contributed by atoms with Crippen LogP contribution in [0.3, 0.4) is 0 Å². The third-order valence-corrected chi connectivity index (χ3v) is 5.44. The number of pyridine rings is 1. The fourth-order valence-electron chi connectivity index (χ4n) is 2.96. The van der Waals surface area contributed by atoms with Crippen LogP contribution in [-0.4, -0.2) is 37.1 Å². The number of hydrogen-bond acceptors (Lipinski definition) is 5. The van der Waals surface area contributed by atoms with Crippen molar-refractivity contribution in [3.63, 3.8) is 0 Å². The minimum absolute atomic E-state index is 0.0230. The van der Waals surface area contributed by atoms with Gasteiger partial charge in [0, 0.05) is 36.6 Å². The molecule has 5 heteroatoms. The maximum absolute atomic E-state index is 12.9. The number of rotatable bonds is 4. The van der Waals surface area contributed by atoms with E-state index in [1.165, 1.54) is 0 Å². The lowest BCUT2D eigenvalue weighted by molar-refractivity contribution is 0.104. The van der Waals surface area contributed by atoms with Gasteiger partial charge in [-0.1, -0.05) is 30.3 Å². The molecule has 0 N–H and O–H groups in total. The van der Waals surface area contributed by atoms with E-state index in [0.29, 0.717) is 5.56 Å². The van der Waals surface area contributed by atoms with Crippen LogP contribution in [0.1, 0.15) is 15.2 Å². The highest BCUT2D eigenvalue weighted by molar-refractivity contribution is 7.18. The van der Waals surface area contributed by atoms with Gasteiger partial charge in [-0.05, 0) is 23.8 Å². The van der Waals surface area contributed by atoms with E-state index in [9.17, 15) is 4.79 Å². The molecule has 3 heterocycles. The molecule has 25 heavy (non-hydrogen) atoms. The Labute approximate surface area is 150 Å². The number of anilines is 1. The summed E-state index contributed by atoms with van der Waals surface area (Å²) in [6, 6.07) is 15.9. The monoisotopic (exact) mass is 350 g/mol. The van der Waals surface area contributed by atoms with E-state index in [1.54, 1.807) is 29.8 Å². The van der Waals surface area contributed by atoms with Crippen LogP contribution >= 0.6 is 11.3 Å². The topological polar surface area (TPSA) is 42.4 Å². The molecule has 0 unspecified atom stereocenters. The number of hydrogen-bond donors (Lipinski definition) is 0. The fraction of sp³-hybridized carbons (Fsp3) is 0.200. The molecule has 0 amide bonds. The summed E-state index contributed by atoms with van der Waals surface area (Å²) in [6.07, 6.45) is 3.30. The Kier molecular flexibility index (Phi) is 4.59. The quantitative estimate of drug-likeness (QED) is 0.670. The minimum atomic E-state index is 0.0230. The highest BCUT2D eigenvalue weighted by Gasteiger charge is 2.22. The number of carbonyl (C=O) groups is 1. The van der Waals surface area contributed by atoms with Crippen molar-refractivity contribution in [1.82, 2.24) is 4.98 Å². The Morgan fingerprint density at radius 3 is 2.60 bits per heavy atom. The number of thiophene rings is 1. The van der Waals surface area contributed by atoms with Gasteiger partial charge < -0.3 is 9.64 Å². The number of nitrogens with zero attached hydrogens (tertiary/aromatic N) is 2. The van der Waals surface area contributed by atoms with Crippen LogP contribution < -0.4 is 4.90 Å². The smallest absolute Gasteiger partial charge is 0.204 e. The first-order valence-corrected chi connectivity index (χ1v) is 9.11. The Hall–Kier alpha value is -2.50. The third-order valence-electron chi connectivity index (χ3n) is 4.24. The summed E-state index contributed by atoms with van der Waals surface area (Å²) in [4.78, 5) is 20.0. The molecule has 1 aromatic carbocycles. The fourth-order valence-corrected chi connectivity index (χ4v) is 4.15. The van der Waals surface area contributed by atoms with Gasteiger partial charge in [-0.15, -0.1) is 11.3 Å². The summed E-state index contributed by atoms with van der Waals surface area (Å²) in [6.45, 7) is 3.14. The average Bonchev–Trinajstić information content (AvgIpc) is 3.15. The van der Waals surface area contributed by atoms with Gasteiger partial charge in [0.2, 0.25) is 5.78 Å². The molecule has 4 nitrogen and oxygen atoms in total. The van der Waals surface area contributed by atoms with Gasteiger partial charge in [-0.3, -0.25) is 9.78 Å². The minimum Gasteiger partial charge on any atom is -0.378 e. The van der Waals surface area contributed by atoms with Crippen LogP contribution in [0.4, 0.5) is 5.00 Å². The summed E-state index contributed by atoms with van der Waals surface area (Å²) in [5.41, 5.74) is 2.86. The molecule has 1 saturated heterocycles. The first-order valence-electron chi connectivity index (χ1n) is 8.29. The molecule has 0 radical (unpaired) electrons. The van der Waals surface area contributed by atoms with Crippen molar-refractivity contribution in [3.05, 3.63) is 71.4 Å². The molecule has 0 atom stereocenters. The van der Waals surface area contributed by atoms with Crippen molar-refractivity contribution >= 4 is 22.1 Å². The second-order valence-electron chi connectivity index (χ2n) is 5.87. The molecule has 3 aromatic rings. The predicted octanol–water partition coefficient (Wildman–Crippen LogP) is 3.88. The lowest BCUT2D eigenvalue weighted by Crippen LogP contribution is -2.35. The number of aromatic nitrogens is 1. The molecule has 1 aliphatic heterocycles. The molecule has 126 valence electrons. The molecule has 0 spiro atoms. The second-order valence-corrected chi connectivity index (χ2v) is 6.90. The van der Waals surface area contributed by atoms with E-state index in [0.717, 1.165) is 47.3 Å². The zero-order valence-corrected chi connectivity index (χ0v) is 14.5. The van der Waals surface area contributed by atoms with Crippen molar-refractivity contribution in [2.24, 2.45) is 0 Å². The summed E-state index contributed by atoms with van der Waals surface area (Å²) in [5, 5.41) is 1.14. The van der Waals surface area contributed by atoms with Crippen molar-refractivity contribution in [3.8, 4) is 11.1 Å². The van der Waals surface area contributed by atoms with Gasteiger partial charge in [-0.25, -0.2) is 0 Å². The molecular formula is C20H18N2O2S. The standard InChI is InChI=1S/C20H18N2O2S/c23-19(16-7-4-8-21-14-16)18-13-17(15-5-2-1-3-6-15)20(25-18)22-9-11-24-12-10-22/h1-8,13-14H,9-12H2. The van der Waals surface area contributed by atoms with Gasteiger partial charge in [0.25, 0.3) is 0 Å². The Morgan fingerprint density at radius 2 is 1.88 bits per heavy atom. The zero-order valence-electron chi connectivity index (χ0n) is 13.7. The highest BCUT2D eigenvalue weighted by atomic mass is 32.1. The van der Waals surface area contributed by atoms with Gasteiger partial charge in [0.15, 0.2) is 0 Å². The number of benzene rings is 1. The van der Waals surface area contributed by atoms with E-state index in [-0.39, 0.29) is 5.78 Å². The summed E-state index contributed by atoms with van der Waals surface area (Å²) < 4.78 is 5.48. The van der Waals surface area contributed by atoms with Gasteiger partial charge in [0.05, 0.1) is 23.1 Å². The number of carbonyl (C=O) groups excluding carboxylic acids is 1. The van der Waals surface area contributed by atoms with Crippen LogP contribution in [0.15, 0.2) is 60.9 Å². The van der Waals surface area contributed by atoms with Crippen LogP contribution in [0.5, 0.6) is 0 Å². The normalized spacial score (nSPS) is 14.5. The first-order chi connectivity index (χ1) is 12.3. The number of ketones is 1. The van der Waals surface area contributed by atoms with Gasteiger partial charge in [0.1, 0.15) is 0 Å². The van der Waals surface area contributed by atoms with Crippen LogP contribution in [0.25, 0.3) is 11.1 Å². The van der Waals surface area contributed by atoms with E-state index >= 15 is 0 Å². The van der Waals surface area contributed by atoms with Crippen LogP contribution in [0.2, 0.25) is 0 Å². The zero-order chi connectivity index (χ0) is 17.1.